The molecule has 34 heavy (non-hydrogen) atoms. The average Bonchev–Trinajstić information content (AvgIpc) is 2.85. The van der Waals surface area contributed by atoms with Crippen molar-refractivity contribution in [3.63, 3.8) is 0 Å². The molecule has 0 saturated carbocycles. The van der Waals surface area contributed by atoms with Crippen LogP contribution in [-0.4, -0.2) is 22.2 Å². The Labute approximate surface area is 193 Å². The Kier molecular flexibility index (Phi) is 5.32. The minimum absolute atomic E-state index is 0.109. The van der Waals surface area contributed by atoms with E-state index in [0.29, 0.717) is 32.5 Å². The molecule has 0 spiro atoms. The van der Waals surface area contributed by atoms with E-state index >= 15 is 0 Å². The zero-order chi connectivity index (χ0) is 23.7. The number of hydrogen-bond acceptors (Lipinski definition) is 4. The van der Waals surface area contributed by atoms with Gasteiger partial charge in [-0.2, -0.15) is 0 Å². The summed E-state index contributed by atoms with van der Waals surface area (Å²) < 4.78 is 0. The number of hydrogen-bond donors (Lipinski definition) is 2. The summed E-state index contributed by atoms with van der Waals surface area (Å²) in [7, 11) is 0. The van der Waals surface area contributed by atoms with Crippen LogP contribution in [0.15, 0.2) is 107 Å². The van der Waals surface area contributed by atoms with Gasteiger partial charge < -0.3 is 10.2 Å². The maximum absolute atomic E-state index is 11.7. The summed E-state index contributed by atoms with van der Waals surface area (Å²) in [6, 6.07) is 28.5. The Hall–Kier alpha value is -4.84. The van der Waals surface area contributed by atoms with E-state index in [1.165, 1.54) is 24.3 Å². The van der Waals surface area contributed by atoms with Gasteiger partial charge in [-0.15, -0.1) is 0 Å². The molecule has 2 N–H and O–H groups in total. The minimum atomic E-state index is -1.06. The Morgan fingerprint density at radius 2 is 0.912 bits per heavy atom. The summed E-state index contributed by atoms with van der Waals surface area (Å²) in [6.45, 7) is 0. The number of carboxylic acids is 2. The van der Waals surface area contributed by atoms with Gasteiger partial charge in [0.1, 0.15) is 0 Å². The van der Waals surface area contributed by atoms with Crippen molar-refractivity contribution in [1.82, 2.24) is 0 Å². The van der Waals surface area contributed by atoms with Gasteiger partial charge in [0, 0.05) is 21.6 Å². The minimum Gasteiger partial charge on any atom is -0.478 e. The maximum Gasteiger partial charge on any atom is 0.335 e. The van der Waals surface area contributed by atoms with Crippen LogP contribution in [0.3, 0.4) is 0 Å². The first-order valence-corrected chi connectivity index (χ1v) is 10.5. The summed E-state index contributed by atoms with van der Waals surface area (Å²) in [6.07, 6.45) is 0. The zero-order valence-electron chi connectivity index (χ0n) is 17.8. The third kappa shape index (κ3) is 3.89. The van der Waals surface area contributed by atoms with E-state index in [2.05, 4.69) is 0 Å². The highest BCUT2D eigenvalue weighted by Gasteiger charge is 2.14. The van der Waals surface area contributed by atoms with Gasteiger partial charge >= 0.3 is 11.9 Å². The Morgan fingerprint density at radius 1 is 0.529 bits per heavy atom. The van der Waals surface area contributed by atoms with E-state index in [-0.39, 0.29) is 11.1 Å². The van der Waals surface area contributed by atoms with Gasteiger partial charge in [0.25, 0.3) is 0 Å². The van der Waals surface area contributed by atoms with Crippen LogP contribution in [0.4, 0.5) is 0 Å². The SMILES string of the molecule is O=C(O)c1ccc2/c(c1)=N\C(c1ccccc1)=C(c1ccccc1)/N=c1/cc(C(=O)O)cc/c1=2. The number of fused-ring (bicyclic) bond motifs is 2. The molecule has 4 aromatic rings. The van der Waals surface area contributed by atoms with Crippen molar-refractivity contribution in [2.75, 3.05) is 0 Å². The van der Waals surface area contributed by atoms with Crippen LogP contribution in [-0.2, 0) is 0 Å². The van der Waals surface area contributed by atoms with Crippen molar-refractivity contribution in [3.05, 3.63) is 140 Å². The Morgan fingerprint density at radius 3 is 1.26 bits per heavy atom. The molecular weight excluding hydrogens is 428 g/mol. The fraction of sp³-hybridized carbons (Fsp3) is 0. The Bertz CT molecular complexity index is 1570. The first-order chi connectivity index (χ1) is 16.5. The van der Waals surface area contributed by atoms with Gasteiger partial charge in [0.05, 0.1) is 33.2 Å². The smallest absolute Gasteiger partial charge is 0.335 e. The quantitative estimate of drug-likeness (QED) is 0.492. The molecule has 1 heterocycles. The molecule has 0 fully saturated rings. The Balaban J connectivity index is 2.03. The van der Waals surface area contributed by atoms with Gasteiger partial charge in [-0.1, -0.05) is 72.8 Å². The number of nitrogens with zero attached hydrogens (tertiary/aromatic N) is 2. The maximum atomic E-state index is 11.7. The monoisotopic (exact) mass is 446 g/mol. The molecule has 5 rings (SSSR count). The van der Waals surface area contributed by atoms with E-state index in [0.717, 1.165) is 11.1 Å². The first-order valence-electron chi connectivity index (χ1n) is 10.5. The molecule has 1 aliphatic heterocycles. The molecule has 0 atom stereocenters. The molecule has 0 saturated heterocycles. The lowest BCUT2D eigenvalue weighted by molar-refractivity contribution is 0.0686. The van der Waals surface area contributed by atoms with Gasteiger partial charge in [-0.3, -0.25) is 0 Å². The molecule has 0 unspecified atom stereocenters. The predicted molar refractivity (Wildman–Crippen MR) is 126 cm³/mol. The summed E-state index contributed by atoms with van der Waals surface area (Å²) in [4.78, 5) is 33.3. The molecule has 0 bridgehead atoms. The fourth-order valence-corrected chi connectivity index (χ4v) is 3.91. The van der Waals surface area contributed by atoms with E-state index in [1.807, 2.05) is 60.7 Å². The topological polar surface area (TPSA) is 99.3 Å². The lowest BCUT2D eigenvalue weighted by Gasteiger charge is -2.12. The second-order valence-corrected chi connectivity index (χ2v) is 7.73. The normalized spacial score (nSPS) is 17.5. The number of carbonyl (C=O) groups is 2. The van der Waals surface area contributed by atoms with E-state index in [4.69, 9.17) is 9.98 Å². The molecule has 0 radical (unpaired) electrons. The van der Waals surface area contributed by atoms with Crippen molar-refractivity contribution in [2.45, 2.75) is 0 Å². The highest BCUT2D eigenvalue weighted by Crippen LogP contribution is 2.28. The van der Waals surface area contributed by atoms with Crippen molar-refractivity contribution >= 4 is 23.3 Å². The van der Waals surface area contributed by atoms with Crippen LogP contribution >= 0.6 is 0 Å². The second-order valence-electron chi connectivity index (χ2n) is 7.73. The van der Waals surface area contributed by atoms with Gasteiger partial charge in [-0.25, -0.2) is 19.6 Å². The third-order valence-electron chi connectivity index (χ3n) is 5.56. The van der Waals surface area contributed by atoms with Crippen molar-refractivity contribution < 1.29 is 19.8 Å². The fourth-order valence-electron chi connectivity index (χ4n) is 3.91. The van der Waals surface area contributed by atoms with E-state index in [9.17, 15) is 19.8 Å². The van der Waals surface area contributed by atoms with Crippen LogP contribution in [0.5, 0.6) is 0 Å². The van der Waals surface area contributed by atoms with E-state index in [1.54, 1.807) is 12.1 Å². The second kappa shape index (κ2) is 8.60. The first kappa shape index (κ1) is 21.0. The number of benzene rings is 4. The number of carboxylic acid groups (broad SMARTS) is 2. The number of aromatic carboxylic acids is 2. The van der Waals surface area contributed by atoms with Crippen LogP contribution in [0, 0.1) is 10.4 Å². The van der Waals surface area contributed by atoms with Gasteiger partial charge in [-0.05, 0) is 24.3 Å². The van der Waals surface area contributed by atoms with Gasteiger partial charge in [0.15, 0.2) is 0 Å². The zero-order valence-corrected chi connectivity index (χ0v) is 17.8. The highest BCUT2D eigenvalue weighted by atomic mass is 16.4. The average molecular weight is 446 g/mol. The lowest BCUT2D eigenvalue weighted by atomic mass is 10.0. The summed E-state index contributed by atoms with van der Waals surface area (Å²) >= 11 is 0. The van der Waals surface area contributed by atoms with E-state index < -0.39 is 11.9 Å². The summed E-state index contributed by atoms with van der Waals surface area (Å²) in [5.74, 6) is -2.11. The van der Waals surface area contributed by atoms with Crippen LogP contribution in [0.25, 0.3) is 11.4 Å². The molecule has 4 aromatic carbocycles. The molecule has 0 aliphatic carbocycles. The highest BCUT2D eigenvalue weighted by molar-refractivity contribution is 5.91. The molecule has 164 valence electrons. The molecule has 6 heteroatoms. The number of rotatable bonds is 4. The third-order valence-corrected chi connectivity index (χ3v) is 5.56. The van der Waals surface area contributed by atoms with Crippen LogP contribution in [0.1, 0.15) is 31.8 Å². The van der Waals surface area contributed by atoms with Crippen molar-refractivity contribution in [2.24, 2.45) is 9.98 Å². The molecular formula is C28H18N2O4. The van der Waals surface area contributed by atoms with Crippen molar-refractivity contribution in [3.8, 4) is 0 Å². The largest absolute Gasteiger partial charge is 0.478 e. The summed E-state index contributed by atoms with van der Waals surface area (Å²) in [5, 5.41) is 21.4. The molecule has 0 amide bonds. The molecule has 1 aliphatic rings. The van der Waals surface area contributed by atoms with Crippen LogP contribution in [0.2, 0.25) is 0 Å². The molecule has 6 nitrogen and oxygen atoms in total. The standard InChI is InChI=1S/C28H18N2O4/c31-27(32)19-11-13-21-22-14-12-20(28(33)34)16-24(22)30-26(18-9-5-2-6-10-18)25(29-23(21)15-19)17-7-3-1-4-8-17/h1-16H,(H,31,32)(H,33,34)/b22-21-,26-25-,29-23-,29-25?,30-24-,30-26?. The van der Waals surface area contributed by atoms with Crippen molar-refractivity contribution in [1.29, 1.82) is 0 Å². The predicted octanol–water partition coefficient (Wildman–Crippen LogP) is 4.15. The van der Waals surface area contributed by atoms with Crippen LogP contribution < -0.4 is 10.7 Å². The summed E-state index contributed by atoms with van der Waals surface area (Å²) in [5.41, 5.74) is 2.93. The molecule has 0 aromatic heterocycles. The van der Waals surface area contributed by atoms with Gasteiger partial charge in [0.2, 0.25) is 0 Å². The lowest BCUT2D eigenvalue weighted by Crippen LogP contribution is -2.17.